The number of halogens is 5. The Labute approximate surface area is 153 Å². The third-order valence-electron chi connectivity index (χ3n) is 3.12. The van der Waals surface area contributed by atoms with Gasteiger partial charge in [0, 0.05) is 10.6 Å². The zero-order chi connectivity index (χ0) is 17.9. The first-order chi connectivity index (χ1) is 11.4. The van der Waals surface area contributed by atoms with E-state index in [-0.39, 0.29) is 10.7 Å². The largest absolute Gasteiger partial charge is 0.203 e. The molecule has 0 bridgehead atoms. The number of hydrogen-bond acceptors (Lipinski definition) is 2. The zero-order valence-electron chi connectivity index (χ0n) is 12.5. The van der Waals surface area contributed by atoms with Crippen molar-refractivity contribution in [1.82, 2.24) is 10.2 Å². The van der Waals surface area contributed by atoms with Crippen molar-refractivity contribution < 1.29 is 8.78 Å². The average Bonchev–Trinajstić information content (AvgIpc) is 2.56. The fraction of sp³-hybridized carbons (Fsp3) is 0.0588. The molecule has 1 aromatic carbocycles. The van der Waals surface area contributed by atoms with Gasteiger partial charge in [-0.25, -0.2) is 8.78 Å². The Morgan fingerprint density at radius 1 is 1.12 bits per heavy atom. The van der Waals surface area contributed by atoms with E-state index in [1.54, 1.807) is 31.2 Å². The van der Waals surface area contributed by atoms with Crippen LogP contribution in [0, 0.1) is 6.92 Å². The molecule has 0 saturated carbocycles. The highest BCUT2D eigenvalue weighted by atomic mass is 35.5. The lowest BCUT2D eigenvalue weighted by Crippen LogP contribution is -2.00. The van der Waals surface area contributed by atoms with E-state index in [2.05, 4.69) is 16.8 Å². The minimum atomic E-state index is -1.26. The topological polar surface area (TPSA) is 25.8 Å². The molecule has 2 aromatic rings. The summed E-state index contributed by atoms with van der Waals surface area (Å²) in [6.45, 7) is 5.00. The molecular formula is C17H11Cl3F2N2. The van der Waals surface area contributed by atoms with Gasteiger partial charge in [0.2, 0.25) is 0 Å². The summed E-state index contributed by atoms with van der Waals surface area (Å²) in [7, 11) is 0. The van der Waals surface area contributed by atoms with Gasteiger partial charge in [0.25, 0.3) is 0 Å². The molecule has 0 atom stereocenters. The van der Waals surface area contributed by atoms with Crippen LogP contribution >= 0.6 is 34.8 Å². The molecule has 0 aliphatic rings. The lowest BCUT2D eigenvalue weighted by atomic mass is 9.98. The molecule has 0 aliphatic carbocycles. The molecule has 24 heavy (non-hydrogen) atoms. The molecule has 0 fully saturated rings. The Bertz CT molecular complexity index is 844. The van der Waals surface area contributed by atoms with E-state index in [1.807, 2.05) is 0 Å². The first kappa shape index (κ1) is 18.6. The fourth-order valence-electron chi connectivity index (χ4n) is 2.06. The average molecular weight is 388 g/mol. The third kappa shape index (κ3) is 3.83. The van der Waals surface area contributed by atoms with E-state index in [9.17, 15) is 8.78 Å². The van der Waals surface area contributed by atoms with E-state index < -0.39 is 16.7 Å². The zero-order valence-corrected chi connectivity index (χ0v) is 14.7. The summed E-state index contributed by atoms with van der Waals surface area (Å²) in [5.41, 5.74) is 1.03. The van der Waals surface area contributed by atoms with E-state index in [0.29, 0.717) is 21.8 Å². The number of benzene rings is 1. The van der Waals surface area contributed by atoms with Crippen LogP contribution in [0.5, 0.6) is 0 Å². The predicted molar refractivity (Wildman–Crippen MR) is 95.5 cm³/mol. The van der Waals surface area contributed by atoms with Gasteiger partial charge in [-0.3, -0.25) is 0 Å². The van der Waals surface area contributed by atoms with Crippen LogP contribution in [0.1, 0.15) is 11.3 Å². The summed E-state index contributed by atoms with van der Waals surface area (Å²) in [6.07, 6.45) is 2.38. The molecule has 0 N–H and O–H groups in total. The molecule has 1 aromatic heterocycles. The highest BCUT2D eigenvalue weighted by Crippen LogP contribution is 2.39. The molecule has 0 spiro atoms. The molecule has 0 amide bonds. The highest BCUT2D eigenvalue weighted by Gasteiger charge is 2.23. The van der Waals surface area contributed by atoms with E-state index in [0.717, 1.165) is 6.08 Å². The number of aryl methyl sites for hydroxylation is 1. The van der Waals surface area contributed by atoms with Gasteiger partial charge in [-0.1, -0.05) is 59.6 Å². The van der Waals surface area contributed by atoms with Crippen LogP contribution < -0.4 is 0 Å². The summed E-state index contributed by atoms with van der Waals surface area (Å²) < 4.78 is 29.0. The summed E-state index contributed by atoms with van der Waals surface area (Å²) in [5.74, 6) is -2.49. The van der Waals surface area contributed by atoms with Crippen LogP contribution in [-0.4, -0.2) is 10.2 Å². The number of aromatic nitrogens is 2. The summed E-state index contributed by atoms with van der Waals surface area (Å²) in [4.78, 5) is 0. The van der Waals surface area contributed by atoms with Gasteiger partial charge in [-0.05, 0) is 30.7 Å². The van der Waals surface area contributed by atoms with Gasteiger partial charge >= 0.3 is 0 Å². The van der Waals surface area contributed by atoms with Crippen LogP contribution in [-0.2, 0) is 0 Å². The molecular weight excluding hydrogens is 377 g/mol. The Morgan fingerprint density at radius 3 is 2.33 bits per heavy atom. The van der Waals surface area contributed by atoms with Gasteiger partial charge in [0.15, 0.2) is 16.8 Å². The Hall–Kier alpha value is -1.75. The monoisotopic (exact) mass is 386 g/mol. The standard InChI is InChI=1S/C17H11Cl3F2N2/c1-3-4-12(19)15(21)16(22)14-13(9(2)23-24-17(14)20)10-5-7-11(18)8-6-10/h3-8H,1H2,2H3/b12-4+,16-15+. The lowest BCUT2D eigenvalue weighted by Gasteiger charge is -2.12. The first-order valence-electron chi connectivity index (χ1n) is 6.69. The molecule has 2 rings (SSSR count). The van der Waals surface area contributed by atoms with Crippen molar-refractivity contribution in [2.75, 3.05) is 0 Å². The smallest absolute Gasteiger partial charge is 0.178 e. The summed E-state index contributed by atoms with van der Waals surface area (Å²) in [6, 6.07) is 6.55. The Kier molecular flexibility index (Phi) is 6.10. The van der Waals surface area contributed by atoms with Crippen molar-refractivity contribution >= 4 is 40.6 Å². The number of hydrogen-bond donors (Lipinski definition) is 0. The third-order valence-corrected chi connectivity index (χ3v) is 3.93. The first-order valence-corrected chi connectivity index (χ1v) is 7.83. The van der Waals surface area contributed by atoms with Crippen LogP contribution in [0.4, 0.5) is 8.78 Å². The molecule has 1 heterocycles. The normalized spacial score (nSPS) is 12.8. The minimum absolute atomic E-state index is 0.223. The molecule has 7 heteroatoms. The van der Waals surface area contributed by atoms with Crippen molar-refractivity contribution in [2.45, 2.75) is 6.92 Å². The van der Waals surface area contributed by atoms with Crippen molar-refractivity contribution in [1.29, 1.82) is 0 Å². The maximum atomic E-state index is 14.7. The van der Waals surface area contributed by atoms with Crippen molar-refractivity contribution in [3.05, 3.63) is 75.3 Å². The van der Waals surface area contributed by atoms with Crippen molar-refractivity contribution in [2.24, 2.45) is 0 Å². The predicted octanol–water partition coefficient (Wildman–Crippen LogP) is 6.68. The quantitative estimate of drug-likeness (QED) is 0.547. The second-order valence-electron chi connectivity index (χ2n) is 4.71. The molecule has 0 aliphatic heterocycles. The maximum absolute atomic E-state index is 14.7. The van der Waals surface area contributed by atoms with Crippen molar-refractivity contribution in [3.63, 3.8) is 0 Å². The molecule has 2 nitrogen and oxygen atoms in total. The maximum Gasteiger partial charge on any atom is 0.178 e. The SMILES string of the molecule is C=C/C=C(Cl)\C(F)=C(/F)c1c(Cl)nnc(C)c1-c1ccc(Cl)cc1. The van der Waals surface area contributed by atoms with Crippen LogP contribution in [0.2, 0.25) is 10.2 Å². The molecule has 0 saturated heterocycles. The van der Waals surface area contributed by atoms with Gasteiger partial charge in [0.1, 0.15) is 0 Å². The number of nitrogens with zero attached hydrogens (tertiary/aromatic N) is 2. The van der Waals surface area contributed by atoms with E-state index in [4.69, 9.17) is 34.8 Å². The van der Waals surface area contributed by atoms with E-state index in [1.165, 1.54) is 6.08 Å². The summed E-state index contributed by atoms with van der Waals surface area (Å²) in [5, 5.41) is 7.32. The molecule has 0 radical (unpaired) electrons. The van der Waals surface area contributed by atoms with Crippen LogP contribution in [0.3, 0.4) is 0 Å². The van der Waals surface area contributed by atoms with Gasteiger partial charge in [0.05, 0.1) is 16.3 Å². The number of rotatable bonds is 4. The number of allylic oxidation sites excluding steroid dienone is 4. The Balaban J connectivity index is 2.77. The van der Waals surface area contributed by atoms with Crippen LogP contribution in [0.15, 0.2) is 53.9 Å². The van der Waals surface area contributed by atoms with E-state index >= 15 is 0 Å². The Morgan fingerprint density at radius 2 is 1.75 bits per heavy atom. The molecule has 0 unspecified atom stereocenters. The van der Waals surface area contributed by atoms with Crippen LogP contribution in [0.25, 0.3) is 17.0 Å². The van der Waals surface area contributed by atoms with Crippen molar-refractivity contribution in [3.8, 4) is 11.1 Å². The van der Waals surface area contributed by atoms with Gasteiger partial charge in [-0.2, -0.15) is 5.10 Å². The van der Waals surface area contributed by atoms with Gasteiger partial charge in [-0.15, -0.1) is 5.10 Å². The summed E-state index contributed by atoms with van der Waals surface area (Å²) >= 11 is 17.6. The second kappa shape index (κ2) is 7.88. The lowest BCUT2D eigenvalue weighted by molar-refractivity contribution is 0.624. The molecule has 124 valence electrons. The highest BCUT2D eigenvalue weighted by molar-refractivity contribution is 6.33. The minimum Gasteiger partial charge on any atom is -0.203 e. The fourth-order valence-corrected chi connectivity index (χ4v) is 2.58. The second-order valence-corrected chi connectivity index (χ2v) is 5.91. The van der Waals surface area contributed by atoms with Gasteiger partial charge < -0.3 is 0 Å².